The predicted octanol–water partition coefficient (Wildman–Crippen LogP) is 1.90. The highest BCUT2D eigenvalue weighted by molar-refractivity contribution is 5.76. The Morgan fingerprint density at radius 1 is 1.39 bits per heavy atom. The van der Waals surface area contributed by atoms with Gasteiger partial charge in [-0.05, 0) is 31.4 Å². The lowest BCUT2D eigenvalue weighted by Gasteiger charge is -2.32. The van der Waals surface area contributed by atoms with Gasteiger partial charge in [0.25, 0.3) is 0 Å². The molecule has 1 atom stereocenters. The van der Waals surface area contributed by atoms with E-state index in [0.717, 1.165) is 37.2 Å². The first-order chi connectivity index (χ1) is 11.2. The van der Waals surface area contributed by atoms with Crippen LogP contribution in [0, 0.1) is 12.8 Å². The van der Waals surface area contributed by atoms with Gasteiger partial charge < -0.3 is 9.64 Å². The van der Waals surface area contributed by atoms with Crippen LogP contribution in [0.3, 0.4) is 0 Å². The second kappa shape index (κ2) is 7.26. The maximum atomic E-state index is 12.3. The Labute approximate surface area is 136 Å². The first-order valence-electron chi connectivity index (χ1n) is 8.02. The van der Waals surface area contributed by atoms with E-state index in [4.69, 9.17) is 4.74 Å². The number of hydrogen-bond acceptors (Lipinski definition) is 4. The Bertz CT molecular complexity index is 642. The van der Waals surface area contributed by atoms with E-state index in [1.807, 2.05) is 36.1 Å². The van der Waals surface area contributed by atoms with E-state index in [2.05, 4.69) is 10.3 Å². The molecule has 1 saturated heterocycles. The molecule has 1 aliphatic rings. The van der Waals surface area contributed by atoms with Crippen LogP contribution in [-0.2, 0) is 11.3 Å². The number of aromatic nitrogens is 3. The van der Waals surface area contributed by atoms with Gasteiger partial charge in [0.15, 0.2) is 0 Å². The van der Waals surface area contributed by atoms with Crippen LogP contribution in [0.5, 0.6) is 5.75 Å². The lowest BCUT2D eigenvalue weighted by atomic mass is 9.99. The maximum absolute atomic E-state index is 12.3. The molecule has 0 radical (unpaired) electrons. The highest BCUT2D eigenvalue weighted by atomic mass is 16.5. The molecular formula is C17H22N4O2. The van der Waals surface area contributed by atoms with E-state index >= 15 is 0 Å². The first-order valence-corrected chi connectivity index (χ1v) is 8.02. The molecular weight excluding hydrogens is 292 g/mol. The number of benzene rings is 1. The van der Waals surface area contributed by atoms with Gasteiger partial charge in [-0.2, -0.15) is 0 Å². The largest absolute Gasteiger partial charge is 0.493 e. The van der Waals surface area contributed by atoms with Gasteiger partial charge >= 0.3 is 0 Å². The number of amides is 1. The molecule has 0 bridgehead atoms. The molecule has 122 valence electrons. The fourth-order valence-electron chi connectivity index (χ4n) is 2.91. The van der Waals surface area contributed by atoms with E-state index in [0.29, 0.717) is 12.5 Å². The van der Waals surface area contributed by atoms with Crippen molar-refractivity contribution in [1.29, 1.82) is 0 Å². The highest BCUT2D eigenvalue weighted by Gasteiger charge is 2.24. The molecule has 23 heavy (non-hydrogen) atoms. The summed E-state index contributed by atoms with van der Waals surface area (Å²) in [6, 6.07) is 8.03. The number of carbonyl (C=O) groups is 1. The minimum absolute atomic E-state index is 0.0936. The number of hydrogen-bond donors (Lipinski definition) is 0. The average molecular weight is 314 g/mol. The van der Waals surface area contributed by atoms with Gasteiger partial charge in [0.2, 0.25) is 5.91 Å². The lowest BCUT2D eigenvalue weighted by molar-refractivity contribution is -0.134. The van der Waals surface area contributed by atoms with E-state index in [1.165, 1.54) is 0 Å². The predicted molar refractivity (Wildman–Crippen MR) is 86.0 cm³/mol. The summed E-state index contributed by atoms with van der Waals surface area (Å²) in [6.07, 6.45) is 5.41. The summed E-state index contributed by atoms with van der Waals surface area (Å²) >= 11 is 0. The van der Waals surface area contributed by atoms with Crippen LogP contribution in [-0.4, -0.2) is 45.5 Å². The number of carbonyl (C=O) groups excluding carboxylic acids is 1. The molecule has 1 fully saturated rings. The zero-order valence-corrected chi connectivity index (χ0v) is 13.4. The Morgan fingerprint density at radius 3 is 3.04 bits per heavy atom. The molecule has 3 rings (SSSR count). The normalized spacial score (nSPS) is 18.0. The van der Waals surface area contributed by atoms with Gasteiger partial charge in [-0.3, -0.25) is 4.79 Å². The number of aryl methyl sites for hydroxylation is 1. The molecule has 6 nitrogen and oxygen atoms in total. The second-order valence-electron chi connectivity index (χ2n) is 6.03. The van der Waals surface area contributed by atoms with Crippen molar-refractivity contribution in [2.24, 2.45) is 5.92 Å². The number of piperidine rings is 1. The molecule has 1 aromatic heterocycles. The summed E-state index contributed by atoms with van der Waals surface area (Å²) in [4.78, 5) is 14.2. The Balaban J connectivity index is 1.52. The third-order valence-corrected chi connectivity index (χ3v) is 4.21. The first kappa shape index (κ1) is 15.5. The van der Waals surface area contributed by atoms with E-state index < -0.39 is 0 Å². The van der Waals surface area contributed by atoms with Crippen LogP contribution in [0.1, 0.15) is 18.4 Å². The van der Waals surface area contributed by atoms with Gasteiger partial charge in [0.1, 0.15) is 12.3 Å². The summed E-state index contributed by atoms with van der Waals surface area (Å²) < 4.78 is 7.51. The lowest BCUT2D eigenvalue weighted by Crippen LogP contribution is -2.43. The number of ether oxygens (including phenoxy) is 1. The molecule has 0 unspecified atom stereocenters. The zero-order chi connectivity index (χ0) is 16.1. The van der Waals surface area contributed by atoms with E-state index in [9.17, 15) is 4.79 Å². The van der Waals surface area contributed by atoms with Gasteiger partial charge in [-0.1, -0.05) is 23.4 Å². The molecule has 1 aromatic carbocycles. The van der Waals surface area contributed by atoms with E-state index in [-0.39, 0.29) is 12.5 Å². The monoisotopic (exact) mass is 314 g/mol. The summed E-state index contributed by atoms with van der Waals surface area (Å²) in [6.45, 7) is 4.52. The third kappa shape index (κ3) is 4.09. The van der Waals surface area contributed by atoms with Crippen molar-refractivity contribution in [2.45, 2.75) is 26.3 Å². The summed E-state index contributed by atoms with van der Waals surface area (Å²) in [7, 11) is 0. The number of likely N-dealkylation sites (tertiary alicyclic amines) is 1. The smallest absolute Gasteiger partial charge is 0.244 e. The molecule has 0 aliphatic carbocycles. The highest BCUT2D eigenvalue weighted by Crippen LogP contribution is 2.21. The SMILES string of the molecule is Cc1ccccc1OC[C@H]1CCCN(C(=O)Cn2ccnn2)C1. The third-order valence-electron chi connectivity index (χ3n) is 4.21. The summed E-state index contributed by atoms with van der Waals surface area (Å²) in [5, 5.41) is 7.58. The topological polar surface area (TPSA) is 60.2 Å². The van der Waals surface area contributed by atoms with Crippen molar-refractivity contribution >= 4 is 5.91 Å². The Hall–Kier alpha value is -2.37. The molecule has 0 saturated carbocycles. The van der Waals surface area contributed by atoms with Crippen molar-refractivity contribution in [1.82, 2.24) is 19.9 Å². The molecule has 2 heterocycles. The molecule has 6 heteroatoms. The van der Waals surface area contributed by atoms with Gasteiger partial charge in [0.05, 0.1) is 12.8 Å². The Kier molecular flexibility index (Phi) is 4.90. The Morgan fingerprint density at radius 2 is 2.26 bits per heavy atom. The minimum atomic E-state index is 0.0936. The van der Waals surface area contributed by atoms with Gasteiger partial charge in [0, 0.05) is 25.2 Å². The van der Waals surface area contributed by atoms with Crippen molar-refractivity contribution in [3.05, 3.63) is 42.2 Å². The fourth-order valence-corrected chi connectivity index (χ4v) is 2.91. The number of nitrogens with zero attached hydrogens (tertiary/aromatic N) is 4. The summed E-state index contributed by atoms with van der Waals surface area (Å²) in [5.41, 5.74) is 1.14. The average Bonchev–Trinajstić information content (AvgIpc) is 3.07. The van der Waals surface area contributed by atoms with Crippen LogP contribution in [0.2, 0.25) is 0 Å². The molecule has 0 spiro atoms. The minimum Gasteiger partial charge on any atom is -0.493 e. The van der Waals surface area contributed by atoms with Crippen LogP contribution in [0.25, 0.3) is 0 Å². The van der Waals surface area contributed by atoms with Crippen molar-refractivity contribution in [3.63, 3.8) is 0 Å². The molecule has 0 N–H and O–H groups in total. The van der Waals surface area contributed by atoms with Crippen LogP contribution in [0.4, 0.5) is 0 Å². The van der Waals surface area contributed by atoms with Crippen molar-refractivity contribution in [2.75, 3.05) is 19.7 Å². The van der Waals surface area contributed by atoms with Crippen molar-refractivity contribution < 1.29 is 9.53 Å². The fraction of sp³-hybridized carbons (Fsp3) is 0.471. The molecule has 2 aromatic rings. The molecule has 1 aliphatic heterocycles. The van der Waals surface area contributed by atoms with Gasteiger partial charge in [-0.15, -0.1) is 5.10 Å². The number of para-hydroxylation sites is 1. The van der Waals surface area contributed by atoms with Crippen LogP contribution >= 0.6 is 0 Å². The quantitative estimate of drug-likeness (QED) is 0.846. The maximum Gasteiger partial charge on any atom is 0.244 e. The molecule has 1 amide bonds. The standard InChI is InChI=1S/C17H22N4O2/c1-14-5-2-3-7-16(14)23-13-15-6-4-9-20(11-15)17(22)12-21-10-8-18-19-21/h2-3,5,7-8,10,15H,4,6,9,11-13H2,1H3/t15-/m0/s1. The van der Waals surface area contributed by atoms with Crippen LogP contribution < -0.4 is 4.74 Å². The van der Waals surface area contributed by atoms with Crippen LogP contribution in [0.15, 0.2) is 36.7 Å². The van der Waals surface area contributed by atoms with E-state index in [1.54, 1.807) is 17.1 Å². The second-order valence-corrected chi connectivity index (χ2v) is 6.03. The van der Waals surface area contributed by atoms with Crippen molar-refractivity contribution in [3.8, 4) is 5.75 Å². The van der Waals surface area contributed by atoms with Gasteiger partial charge in [-0.25, -0.2) is 4.68 Å². The number of rotatable bonds is 5. The summed E-state index contributed by atoms with van der Waals surface area (Å²) in [5.74, 6) is 1.40. The zero-order valence-electron chi connectivity index (χ0n) is 13.4.